The van der Waals surface area contributed by atoms with Crippen LogP contribution >= 0.6 is 11.6 Å². The van der Waals surface area contributed by atoms with Crippen LogP contribution in [0.4, 0.5) is 4.39 Å². The monoisotopic (exact) mass is 338 g/mol. The summed E-state index contributed by atoms with van der Waals surface area (Å²) in [6.45, 7) is 2.95. The van der Waals surface area contributed by atoms with Crippen molar-refractivity contribution in [3.63, 3.8) is 0 Å². The van der Waals surface area contributed by atoms with E-state index in [0.717, 1.165) is 0 Å². The molecule has 0 fully saturated rings. The maximum absolute atomic E-state index is 13.8. The Kier molecular flexibility index (Phi) is 6.12. The summed E-state index contributed by atoms with van der Waals surface area (Å²) >= 11 is 5.98. The highest BCUT2D eigenvalue weighted by Gasteiger charge is 2.15. The molecule has 7 heteroatoms. The highest BCUT2D eigenvalue weighted by atomic mass is 35.5. The number of halogens is 2. The van der Waals surface area contributed by atoms with Gasteiger partial charge in [0.15, 0.2) is 0 Å². The van der Waals surface area contributed by atoms with Crippen molar-refractivity contribution in [1.29, 1.82) is 0 Å². The summed E-state index contributed by atoms with van der Waals surface area (Å²) in [5.41, 5.74) is 0.328. The number of carbonyl (C=O) groups is 1. The van der Waals surface area contributed by atoms with Crippen LogP contribution in [0.1, 0.15) is 12.5 Å². The van der Waals surface area contributed by atoms with Crippen molar-refractivity contribution in [2.24, 2.45) is 0 Å². The minimum atomic E-state index is -0.405. The van der Waals surface area contributed by atoms with E-state index in [4.69, 9.17) is 11.6 Å². The fraction of sp³-hybridized carbons (Fsp3) is 0.375. The van der Waals surface area contributed by atoms with Gasteiger partial charge in [0.1, 0.15) is 5.82 Å². The molecule has 1 amide bonds. The van der Waals surface area contributed by atoms with Crippen LogP contribution in [-0.2, 0) is 17.9 Å². The second kappa shape index (κ2) is 8.08. The number of rotatable bonds is 7. The SMILES string of the molecule is CC(Cn1cccn1)NCC(=O)N(C)Cc1c(F)cccc1Cl. The largest absolute Gasteiger partial charge is 0.340 e. The van der Waals surface area contributed by atoms with E-state index in [-0.39, 0.29) is 25.0 Å². The summed E-state index contributed by atoms with van der Waals surface area (Å²) in [7, 11) is 1.63. The van der Waals surface area contributed by atoms with Gasteiger partial charge in [-0.1, -0.05) is 17.7 Å². The van der Waals surface area contributed by atoms with E-state index in [1.165, 1.54) is 11.0 Å². The van der Waals surface area contributed by atoms with E-state index >= 15 is 0 Å². The zero-order valence-corrected chi connectivity index (χ0v) is 13.9. The number of carbonyl (C=O) groups excluding carboxylic acids is 1. The lowest BCUT2D eigenvalue weighted by Crippen LogP contribution is -2.40. The van der Waals surface area contributed by atoms with Crippen LogP contribution in [0.5, 0.6) is 0 Å². The molecule has 124 valence electrons. The Morgan fingerprint density at radius 1 is 1.48 bits per heavy atom. The van der Waals surface area contributed by atoms with Gasteiger partial charge in [-0.25, -0.2) is 4.39 Å². The topological polar surface area (TPSA) is 50.2 Å². The summed E-state index contributed by atoms with van der Waals surface area (Å²) in [5.74, 6) is -0.534. The number of nitrogens with one attached hydrogen (secondary N) is 1. The molecule has 0 aliphatic carbocycles. The molecular formula is C16H20ClFN4O. The molecule has 2 aromatic rings. The molecule has 0 aliphatic rings. The van der Waals surface area contributed by atoms with Crippen LogP contribution < -0.4 is 5.32 Å². The van der Waals surface area contributed by atoms with Gasteiger partial charge in [-0.15, -0.1) is 0 Å². The van der Waals surface area contributed by atoms with Crippen LogP contribution in [0.25, 0.3) is 0 Å². The Hall–Kier alpha value is -1.92. The smallest absolute Gasteiger partial charge is 0.236 e. The Balaban J connectivity index is 1.83. The van der Waals surface area contributed by atoms with E-state index in [2.05, 4.69) is 10.4 Å². The normalized spacial score (nSPS) is 12.2. The molecular weight excluding hydrogens is 319 g/mol. The van der Waals surface area contributed by atoms with Crippen molar-refractivity contribution in [1.82, 2.24) is 20.0 Å². The zero-order chi connectivity index (χ0) is 16.8. The molecule has 0 aliphatic heterocycles. The quantitative estimate of drug-likeness (QED) is 0.843. The Labute approximate surface area is 140 Å². The van der Waals surface area contributed by atoms with Gasteiger partial charge in [0.2, 0.25) is 5.91 Å². The molecule has 0 saturated heterocycles. The van der Waals surface area contributed by atoms with Crippen LogP contribution in [0.3, 0.4) is 0 Å². The van der Waals surface area contributed by atoms with Crippen molar-refractivity contribution in [2.75, 3.05) is 13.6 Å². The second-order valence-electron chi connectivity index (χ2n) is 5.46. The number of likely N-dealkylation sites (N-methyl/N-ethyl adjacent to an activating group) is 1. The summed E-state index contributed by atoms with van der Waals surface area (Å²) in [6.07, 6.45) is 3.58. The van der Waals surface area contributed by atoms with Gasteiger partial charge in [-0.3, -0.25) is 9.48 Å². The van der Waals surface area contributed by atoms with E-state index in [0.29, 0.717) is 17.1 Å². The van der Waals surface area contributed by atoms with Crippen LogP contribution in [0, 0.1) is 5.82 Å². The summed E-state index contributed by atoms with van der Waals surface area (Å²) in [5, 5.41) is 7.58. The molecule has 1 N–H and O–H groups in total. The first-order valence-corrected chi connectivity index (χ1v) is 7.73. The third-order valence-electron chi connectivity index (χ3n) is 3.50. The van der Waals surface area contributed by atoms with Crippen LogP contribution in [0.2, 0.25) is 5.02 Å². The number of benzene rings is 1. The molecule has 1 heterocycles. The van der Waals surface area contributed by atoms with Gasteiger partial charge in [0.05, 0.1) is 13.1 Å². The first-order chi connectivity index (χ1) is 11.0. The Morgan fingerprint density at radius 3 is 2.91 bits per heavy atom. The van der Waals surface area contributed by atoms with Gasteiger partial charge < -0.3 is 10.2 Å². The summed E-state index contributed by atoms with van der Waals surface area (Å²) < 4.78 is 15.5. The molecule has 1 atom stereocenters. The third kappa shape index (κ3) is 5.04. The predicted octanol–water partition coefficient (Wildman–Crippen LogP) is 2.31. The van der Waals surface area contributed by atoms with E-state index in [1.807, 2.05) is 19.2 Å². The van der Waals surface area contributed by atoms with Crippen LogP contribution in [-0.4, -0.2) is 40.2 Å². The first-order valence-electron chi connectivity index (χ1n) is 7.35. The average molecular weight is 339 g/mol. The number of hydrogen-bond acceptors (Lipinski definition) is 3. The van der Waals surface area contributed by atoms with Crippen LogP contribution in [0.15, 0.2) is 36.7 Å². The van der Waals surface area contributed by atoms with E-state index < -0.39 is 5.82 Å². The molecule has 5 nitrogen and oxygen atoms in total. The molecule has 0 saturated carbocycles. The van der Waals surface area contributed by atoms with E-state index in [1.54, 1.807) is 30.1 Å². The average Bonchev–Trinajstić information content (AvgIpc) is 3.01. The maximum atomic E-state index is 13.8. The molecule has 0 spiro atoms. The van der Waals surface area contributed by atoms with Gasteiger partial charge in [0.25, 0.3) is 0 Å². The molecule has 1 aromatic heterocycles. The number of nitrogens with zero attached hydrogens (tertiary/aromatic N) is 3. The second-order valence-corrected chi connectivity index (χ2v) is 5.87. The van der Waals surface area contributed by atoms with Crippen molar-refractivity contribution >= 4 is 17.5 Å². The lowest BCUT2D eigenvalue weighted by atomic mass is 10.2. The van der Waals surface area contributed by atoms with Gasteiger partial charge in [-0.05, 0) is 25.1 Å². The van der Waals surface area contributed by atoms with Gasteiger partial charge in [0, 0.05) is 42.6 Å². The number of hydrogen-bond donors (Lipinski definition) is 1. The minimum absolute atomic E-state index is 0.0873. The molecule has 2 rings (SSSR count). The molecule has 23 heavy (non-hydrogen) atoms. The predicted molar refractivity (Wildman–Crippen MR) is 87.6 cm³/mol. The Bertz CT molecular complexity index is 627. The number of aromatic nitrogens is 2. The number of amides is 1. The van der Waals surface area contributed by atoms with Gasteiger partial charge in [-0.2, -0.15) is 5.10 Å². The highest BCUT2D eigenvalue weighted by molar-refractivity contribution is 6.31. The molecule has 1 aromatic carbocycles. The molecule has 1 unspecified atom stereocenters. The first kappa shape index (κ1) is 17.4. The highest BCUT2D eigenvalue weighted by Crippen LogP contribution is 2.20. The lowest BCUT2D eigenvalue weighted by molar-refractivity contribution is -0.129. The lowest BCUT2D eigenvalue weighted by Gasteiger charge is -2.20. The fourth-order valence-electron chi connectivity index (χ4n) is 2.16. The minimum Gasteiger partial charge on any atom is -0.340 e. The Morgan fingerprint density at radius 2 is 2.26 bits per heavy atom. The molecule has 0 bridgehead atoms. The van der Waals surface area contributed by atoms with Crippen molar-refractivity contribution in [3.8, 4) is 0 Å². The third-order valence-corrected chi connectivity index (χ3v) is 3.86. The zero-order valence-electron chi connectivity index (χ0n) is 13.2. The van der Waals surface area contributed by atoms with Crippen molar-refractivity contribution in [3.05, 3.63) is 53.1 Å². The maximum Gasteiger partial charge on any atom is 0.236 e. The summed E-state index contributed by atoms with van der Waals surface area (Å²) in [4.78, 5) is 13.6. The standard InChI is InChI=1S/C16H20ClFN4O/c1-12(10-22-8-4-7-20-22)19-9-16(23)21(2)11-13-14(17)5-3-6-15(13)18/h3-8,12,19H,9-11H2,1-2H3. The van der Waals surface area contributed by atoms with Gasteiger partial charge >= 0.3 is 0 Å². The van der Waals surface area contributed by atoms with Crippen molar-refractivity contribution in [2.45, 2.75) is 26.1 Å². The fourth-order valence-corrected chi connectivity index (χ4v) is 2.38. The van der Waals surface area contributed by atoms with Crippen molar-refractivity contribution < 1.29 is 9.18 Å². The summed E-state index contributed by atoms with van der Waals surface area (Å²) in [6, 6.07) is 6.43. The van der Waals surface area contributed by atoms with E-state index in [9.17, 15) is 9.18 Å². The molecule has 0 radical (unpaired) electrons.